The van der Waals surface area contributed by atoms with E-state index >= 15 is 0 Å². The summed E-state index contributed by atoms with van der Waals surface area (Å²) in [5, 5.41) is 8.24. The van der Waals surface area contributed by atoms with Crippen molar-refractivity contribution in [1.29, 1.82) is 0 Å². The van der Waals surface area contributed by atoms with Crippen LogP contribution >= 0.6 is 15.9 Å². The average molecular weight is 350 g/mol. The number of benzene rings is 1. The molecule has 0 spiro atoms. The molecule has 0 saturated carbocycles. The zero-order valence-electron chi connectivity index (χ0n) is 12.4. The Morgan fingerprint density at radius 3 is 2.90 bits per heavy atom. The van der Waals surface area contributed by atoms with Crippen LogP contribution in [0.2, 0.25) is 0 Å². The van der Waals surface area contributed by atoms with Crippen molar-refractivity contribution in [2.75, 3.05) is 10.6 Å². The molecule has 2 aromatic rings. The van der Waals surface area contributed by atoms with Gasteiger partial charge in [0.05, 0.1) is 5.69 Å². The monoisotopic (exact) mass is 349 g/mol. The Balaban J connectivity index is 2.11. The maximum atomic E-state index is 12.4. The summed E-state index contributed by atoms with van der Waals surface area (Å²) < 4.78 is 1.72. The first-order chi connectivity index (χ1) is 10.1. The molecule has 112 valence electrons. The number of hydrogen-bond acceptors (Lipinski definition) is 2. The van der Waals surface area contributed by atoms with Gasteiger partial charge in [-0.1, -0.05) is 28.1 Å². The van der Waals surface area contributed by atoms with Gasteiger partial charge >= 0.3 is 0 Å². The Morgan fingerprint density at radius 2 is 2.19 bits per heavy atom. The number of amides is 1. The molecule has 21 heavy (non-hydrogen) atoms. The molecular formula is C16H20BrN3O. The van der Waals surface area contributed by atoms with Crippen molar-refractivity contribution in [2.24, 2.45) is 0 Å². The number of alkyl halides is 1. The van der Waals surface area contributed by atoms with Crippen molar-refractivity contribution in [1.82, 2.24) is 9.78 Å². The van der Waals surface area contributed by atoms with Crippen molar-refractivity contribution in [3.8, 4) is 0 Å². The third-order valence-electron chi connectivity index (χ3n) is 3.22. The summed E-state index contributed by atoms with van der Waals surface area (Å²) in [5.41, 5.74) is 3.51. The highest BCUT2D eigenvalue weighted by Crippen LogP contribution is 2.14. The zero-order chi connectivity index (χ0) is 15.2. The van der Waals surface area contributed by atoms with Crippen LogP contribution in [0.15, 0.2) is 30.3 Å². The first-order valence-corrected chi connectivity index (χ1v) is 8.27. The van der Waals surface area contributed by atoms with Crippen LogP contribution in [0.5, 0.6) is 0 Å². The van der Waals surface area contributed by atoms with E-state index in [2.05, 4.69) is 32.4 Å². The number of anilines is 1. The average Bonchev–Trinajstić information content (AvgIpc) is 2.87. The van der Waals surface area contributed by atoms with Gasteiger partial charge < -0.3 is 5.32 Å². The van der Waals surface area contributed by atoms with Gasteiger partial charge in [-0.3, -0.25) is 9.48 Å². The van der Waals surface area contributed by atoms with Crippen molar-refractivity contribution < 1.29 is 4.79 Å². The van der Waals surface area contributed by atoms with E-state index in [1.54, 1.807) is 4.68 Å². The van der Waals surface area contributed by atoms with E-state index in [9.17, 15) is 4.79 Å². The number of aryl methyl sites for hydroxylation is 3. The van der Waals surface area contributed by atoms with E-state index in [0.29, 0.717) is 12.2 Å². The summed E-state index contributed by atoms with van der Waals surface area (Å²) in [6.07, 6.45) is 2.08. The smallest absolute Gasteiger partial charge is 0.273 e. The molecule has 2 rings (SSSR count). The molecule has 0 aliphatic rings. The fraction of sp³-hybridized carbons (Fsp3) is 0.375. The van der Waals surface area contributed by atoms with Gasteiger partial charge in [0.15, 0.2) is 0 Å². The van der Waals surface area contributed by atoms with Gasteiger partial charge in [0.25, 0.3) is 5.91 Å². The molecular weight excluding hydrogens is 330 g/mol. The van der Waals surface area contributed by atoms with Gasteiger partial charge in [-0.2, -0.15) is 5.10 Å². The standard InChI is InChI=1S/C16H20BrN3O/c1-3-20-15(10-12(2)19-20)16(21)18-14-8-4-6-13(11-14)7-5-9-17/h4,6,8,10-11H,3,5,7,9H2,1-2H3,(H,18,21). The van der Waals surface area contributed by atoms with Gasteiger partial charge in [0, 0.05) is 17.6 Å². The van der Waals surface area contributed by atoms with Gasteiger partial charge in [-0.25, -0.2) is 0 Å². The highest BCUT2D eigenvalue weighted by molar-refractivity contribution is 9.09. The minimum absolute atomic E-state index is 0.116. The Bertz CT molecular complexity index is 622. The normalized spacial score (nSPS) is 10.6. The van der Waals surface area contributed by atoms with Crippen LogP contribution in [0, 0.1) is 6.92 Å². The van der Waals surface area contributed by atoms with Crippen LogP contribution in [0.1, 0.15) is 35.1 Å². The fourth-order valence-corrected chi connectivity index (χ4v) is 2.52. The highest BCUT2D eigenvalue weighted by atomic mass is 79.9. The molecule has 5 heteroatoms. The van der Waals surface area contributed by atoms with Crippen LogP contribution in [-0.2, 0) is 13.0 Å². The van der Waals surface area contributed by atoms with Crippen molar-refractivity contribution >= 4 is 27.5 Å². The third-order valence-corrected chi connectivity index (χ3v) is 3.78. The SMILES string of the molecule is CCn1nc(C)cc1C(=O)Nc1cccc(CCCBr)c1. The highest BCUT2D eigenvalue weighted by Gasteiger charge is 2.13. The Kier molecular flexibility index (Phi) is 5.56. The minimum Gasteiger partial charge on any atom is -0.321 e. The summed E-state index contributed by atoms with van der Waals surface area (Å²) in [4.78, 5) is 12.4. The molecule has 1 amide bonds. The number of nitrogens with one attached hydrogen (secondary N) is 1. The number of aromatic nitrogens is 2. The molecule has 0 fully saturated rings. The van der Waals surface area contributed by atoms with Gasteiger partial charge in [-0.15, -0.1) is 0 Å². The van der Waals surface area contributed by atoms with Crippen LogP contribution in [0.25, 0.3) is 0 Å². The Morgan fingerprint density at radius 1 is 1.38 bits per heavy atom. The summed E-state index contributed by atoms with van der Waals surface area (Å²) in [6.45, 7) is 4.55. The molecule has 0 saturated heterocycles. The van der Waals surface area contributed by atoms with E-state index in [-0.39, 0.29) is 5.91 Å². The number of hydrogen-bond donors (Lipinski definition) is 1. The second-order valence-corrected chi connectivity index (χ2v) is 5.73. The molecule has 1 heterocycles. The van der Waals surface area contributed by atoms with E-state index in [0.717, 1.165) is 29.6 Å². The molecule has 0 bridgehead atoms. The lowest BCUT2D eigenvalue weighted by molar-refractivity contribution is 0.101. The number of nitrogens with zero attached hydrogens (tertiary/aromatic N) is 2. The second-order valence-electron chi connectivity index (χ2n) is 4.93. The lowest BCUT2D eigenvalue weighted by Crippen LogP contribution is -2.17. The first kappa shape index (κ1) is 15.8. The second kappa shape index (κ2) is 7.41. The third kappa shape index (κ3) is 4.17. The van der Waals surface area contributed by atoms with Gasteiger partial charge in [0.2, 0.25) is 0 Å². The molecule has 0 atom stereocenters. The van der Waals surface area contributed by atoms with Crippen molar-refractivity contribution in [3.05, 3.63) is 47.3 Å². The Hall–Kier alpha value is -1.62. The van der Waals surface area contributed by atoms with Gasteiger partial charge in [-0.05, 0) is 50.5 Å². The fourth-order valence-electron chi connectivity index (χ4n) is 2.24. The molecule has 1 N–H and O–H groups in total. The zero-order valence-corrected chi connectivity index (χ0v) is 14.0. The maximum Gasteiger partial charge on any atom is 0.273 e. The van der Waals surface area contributed by atoms with Crippen LogP contribution in [0.4, 0.5) is 5.69 Å². The quantitative estimate of drug-likeness (QED) is 0.806. The predicted octanol–water partition coefficient (Wildman–Crippen LogP) is 3.79. The summed E-state index contributed by atoms with van der Waals surface area (Å²) >= 11 is 3.44. The minimum atomic E-state index is -0.116. The number of carbonyl (C=O) groups is 1. The largest absolute Gasteiger partial charge is 0.321 e. The van der Waals surface area contributed by atoms with Crippen LogP contribution in [-0.4, -0.2) is 21.0 Å². The van der Waals surface area contributed by atoms with Crippen LogP contribution in [0.3, 0.4) is 0 Å². The van der Waals surface area contributed by atoms with E-state index in [1.807, 2.05) is 38.1 Å². The first-order valence-electron chi connectivity index (χ1n) is 7.14. The molecule has 0 unspecified atom stereocenters. The molecule has 1 aromatic heterocycles. The summed E-state index contributed by atoms with van der Waals surface area (Å²) in [7, 11) is 0. The topological polar surface area (TPSA) is 46.9 Å². The molecule has 0 aliphatic carbocycles. The molecule has 4 nitrogen and oxygen atoms in total. The predicted molar refractivity (Wildman–Crippen MR) is 89.1 cm³/mol. The number of halogens is 1. The Labute approximate surface area is 133 Å². The van der Waals surface area contributed by atoms with E-state index in [4.69, 9.17) is 0 Å². The van der Waals surface area contributed by atoms with Gasteiger partial charge in [0.1, 0.15) is 5.69 Å². The molecule has 1 aromatic carbocycles. The number of rotatable bonds is 6. The lowest BCUT2D eigenvalue weighted by Gasteiger charge is -2.08. The molecule has 0 radical (unpaired) electrons. The van der Waals surface area contributed by atoms with Crippen LogP contribution < -0.4 is 5.32 Å². The maximum absolute atomic E-state index is 12.4. The lowest BCUT2D eigenvalue weighted by atomic mass is 10.1. The van der Waals surface area contributed by atoms with E-state index < -0.39 is 0 Å². The van der Waals surface area contributed by atoms with Crippen molar-refractivity contribution in [3.63, 3.8) is 0 Å². The summed E-state index contributed by atoms with van der Waals surface area (Å²) in [5.74, 6) is -0.116. The molecule has 0 aliphatic heterocycles. The van der Waals surface area contributed by atoms with E-state index in [1.165, 1.54) is 5.56 Å². The number of carbonyl (C=O) groups excluding carboxylic acids is 1. The van der Waals surface area contributed by atoms with Crippen molar-refractivity contribution in [2.45, 2.75) is 33.2 Å². The summed E-state index contributed by atoms with van der Waals surface area (Å²) in [6, 6.07) is 9.81.